The van der Waals surface area contributed by atoms with Crippen LogP contribution in [0.3, 0.4) is 0 Å². The van der Waals surface area contributed by atoms with E-state index >= 15 is 0 Å². The van der Waals surface area contributed by atoms with Crippen molar-refractivity contribution in [3.05, 3.63) is 0 Å². The van der Waals surface area contributed by atoms with Crippen molar-refractivity contribution in [2.75, 3.05) is 27.3 Å². The second-order valence-corrected chi connectivity index (χ2v) is 5.53. The number of hydrogen-bond acceptors (Lipinski definition) is 2. The Morgan fingerprint density at radius 1 is 1.54 bits per heavy atom. The summed E-state index contributed by atoms with van der Waals surface area (Å²) < 4.78 is 4.44. The van der Waals surface area contributed by atoms with Crippen LogP contribution in [0.4, 0.5) is 0 Å². The molecule has 0 atom stereocenters. The lowest BCUT2D eigenvalue weighted by Gasteiger charge is -2.24. The first kappa shape index (κ1) is 12.9. The van der Waals surface area contributed by atoms with Gasteiger partial charge < -0.3 is 9.64 Å². The molecule has 0 unspecified atom stereocenters. The van der Waals surface area contributed by atoms with E-state index in [0.29, 0.717) is 6.61 Å². The highest BCUT2D eigenvalue weighted by atomic mass is 79.9. The molecular weight excluding hydrogens is 234 g/mol. The molecule has 0 radical (unpaired) electrons. The molecule has 0 N–H and O–H groups in total. The van der Waals surface area contributed by atoms with Crippen LogP contribution >= 0.6 is 15.9 Å². The van der Waals surface area contributed by atoms with E-state index in [1.54, 1.807) is 19.1 Å². The van der Waals surface area contributed by atoms with Gasteiger partial charge in [-0.2, -0.15) is 0 Å². The molecule has 3 nitrogen and oxygen atoms in total. The van der Waals surface area contributed by atoms with E-state index in [0.717, 1.165) is 13.0 Å². The molecule has 4 heteroatoms. The third-order valence-corrected chi connectivity index (χ3v) is 2.04. The molecule has 0 spiro atoms. The van der Waals surface area contributed by atoms with Crippen molar-refractivity contribution in [2.24, 2.45) is 0 Å². The maximum atomic E-state index is 11.6. The first-order valence-corrected chi connectivity index (χ1v) is 5.12. The lowest BCUT2D eigenvalue weighted by Crippen LogP contribution is -2.39. The minimum Gasteiger partial charge on any atom is -0.385 e. The second kappa shape index (κ2) is 5.60. The van der Waals surface area contributed by atoms with Crippen molar-refractivity contribution in [3.8, 4) is 0 Å². The lowest BCUT2D eigenvalue weighted by molar-refractivity contribution is -0.131. The van der Waals surface area contributed by atoms with Crippen molar-refractivity contribution in [1.29, 1.82) is 0 Å². The van der Waals surface area contributed by atoms with E-state index in [-0.39, 0.29) is 5.91 Å². The van der Waals surface area contributed by atoms with Crippen LogP contribution in [-0.2, 0) is 9.53 Å². The van der Waals surface area contributed by atoms with Gasteiger partial charge in [-0.05, 0) is 20.3 Å². The SMILES string of the molecule is COCCCN(C)C(=O)C(C)(C)Br. The summed E-state index contributed by atoms with van der Waals surface area (Å²) in [6.45, 7) is 5.13. The normalized spacial score (nSPS) is 11.5. The molecule has 1 amide bonds. The fourth-order valence-corrected chi connectivity index (χ4v) is 1.30. The van der Waals surface area contributed by atoms with Crippen LogP contribution in [0.15, 0.2) is 0 Å². The van der Waals surface area contributed by atoms with Gasteiger partial charge in [0.25, 0.3) is 0 Å². The Balaban J connectivity index is 3.84. The largest absolute Gasteiger partial charge is 0.385 e. The van der Waals surface area contributed by atoms with Gasteiger partial charge in [0, 0.05) is 27.3 Å². The van der Waals surface area contributed by atoms with Gasteiger partial charge in [0.15, 0.2) is 0 Å². The molecule has 0 aliphatic heterocycles. The quantitative estimate of drug-likeness (QED) is 0.550. The van der Waals surface area contributed by atoms with Crippen LogP contribution < -0.4 is 0 Å². The highest BCUT2D eigenvalue weighted by Gasteiger charge is 2.26. The van der Waals surface area contributed by atoms with Gasteiger partial charge in [0.2, 0.25) is 5.91 Å². The summed E-state index contributed by atoms with van der Waals surface area (Å²) in [4.78, 5) is 13.3. The predicted octanol–water partition coefficient (Wildman–Crippen LogP) is 1.65. The molecule has 0 fully saturated rings. The Morgan fingerprint density at radius 2 is 2.08 bits per heavy atom. The van der Waals surface area contributed by atoms with Gasteiger partial charge in [-0.25, -0.2) is 0 Å². The number of halogens is 1. The summed E-state index contributed by atoms with van der Waals surface area (Å²) in [7, 11) is 3.47. The van der Waals surface area contributed by atoms with Crippen LogP contribution in [0, 0.1) is 0 Å². The van der Waals surface area contributed by atoms with E-state index < -0.39 is 4.32 Å². The van der Waals surface area contributed by atoms with Crippen LogP contribution in [0.25, 0.3) is 0 Å². The molecular formula is C9H18BrNO2. The number of hydrogen-bond donors (Lipinski definition) is 0. The summed E-state index contributed by atoms with van der Waals surface area (Å²) in [5, 5.41) is 0. The third-order valence-electron chi connectivity index (χ3n) is 1.70. The monoisotopic (exact) mass is 251 g/mol. The van der Waals surface area contributed by atoms with Gasteiger partial charge >= 0.3 is 0 Å². The fourth-order valence-electron chi connectivity index (χ4n) is 1.00. The molecule has 0 heterocycles. The molecule has 0 bridgehead atoms. The molecule has 0 aliphatic carbocycles. The number of amides is 1. The minimum absolute atomic E-state index is 0.101. The molecule has 0 aromatic carbocycles. The minimum atomic E-state index is -0.463. The molecule has 13 heavy (non-hydrogen) atoms. The Bertz CT molecular complexity index is 165. The zero-order valence-electron chi connectivity index (χ0n) is 8.76. The Labute approximate surface area is 88.6 Å². The molecule has 0 aromatic heterocycles. The van der Waals surface area contributed by atoms with Gasteiger partial charge in [-0.15, -0.1) is 0 Å². The van der Waals surface area contributed by atoms with Crippen molar-refractivity contribution in [3.63, 3.8) is 0 Å². The number of rotatable bonds is 5. The number of ether oxygens (including phenoxy) is 1. The van der Waals surface area contributed by atoms with Crippen molar-refractivity contribution >= 4 is 21.8 Å². The van der Waals surface area contributed by atoms with Gasteiger partial charge in [-0.1, -0.05) is 15.9 Å². The maximum absolute atomic E-state index is 11.6. The highest BCUT2D eigenvalue weighted by molar-refractivity contribution is 9.10. The Kier molecular flexibility index (Phi) is 5.56. The standard InChI is InChI=1S/C9H18BrNO2/c1-9(2,10)8(12)11(3)6-5-7-13-4/h5-7H2,1-4H3. The average molecular weight is 252 g/mol. The zero-order chi connectivity index (χ0) is 10.5. The van der Waals surface area contributed by atoms with Crippen molar-refractivity contribution in [2.45, 2.75) is 24.6 Å². The summed E-state index contributed by atoms with van der Waals surface area (Å²) in [5.41, 5.74) is 0. The molecule has 78 valence electrons. The van der Waals surface area contributed by atoms with Gasteiger partial charge in [-0.3, -0.25) is 4.79 Å². The van der Waals surface area contributed by atoms with E-state index in [1.807, 2.05) is 13.8 Å². The number of nitrogens with zero attached hydrogens (tertiary/aromatic N) is 1. The van der Waals surface area contributed by atoms with Crippen molar-refractivity contribution < 1.29 is 9.53 Å². The first-order chi connectivity index (χ1) is 5.89. The summed E-state index contributed by atoms with van der Waals surface area (Å²) in [6, 6.07) is 0. The predicted molar refractivity (Wildman–Crippen MR) is 57.1 cm³/mol. The maximum Gasteiger partial charge on any atom is 0.238 e. The smallest absolute Gasteiger partial charge is 0.238 e. The second-order valence-electron chi connectivity index (χ2n) is 3.55. The van der Waals surface area contributed by atoms with Crippen molar-refractivity contribution in [1.82, 2.24) is 4.90 Å². The Hall–Kier alpha value is -0.0900. The van der Waals surface area contributed by atoms with Gasteiger partial charge in [0.1, 0.15) is 0 Å². The summed E-state index contributed by atoms with van der Waals surface area (Å²) >= 11 is 3.33. The van der Waals surface area contributed by atoms with E-state index in [9.17, 15) is 4.79 Å². The molecule has 0 rings (SSSR count). The summed E-state index contributed by atoms with van der Waals surface area (Å²) in [5.74, 6) is 0.101. The zero-order valence-corrected chi connectivity index (χ0v) is 10.3. The third kappa shape index (κ3) is 5.26. The summed E-state index contributed by atoms with van der Waals surface area (Å²) in [6.07, 6.45) is 0.877. The van der Waals surface area contributed by atoms with E-state index in [2.05, 4.69) is 15.9 Å². The van der Waals surface area contributed by atoms with Crippen LogP contribution in [0.1, 0.15) is 20.3 Å². The van der Waals surface area contributed by atoms with Crippen LogP contribution in [0.5, 0.6) is 0 Å². The average Bonchev–Trinajstić information content (AvgIpc) is 2.01. The molecule has 0 aromatic rings. The first-order valence-electron chi connectivity index (χ1n) is 4.33. The van der Waals surface area contributed by atoms with Gasteiger partial charge in [0.05, 0.1) is 4.32 Å². The fraction of sp³-hybridized carbons (Fsp3) is 0.889. The van der Waals surface area contributed by atoms with Crippen LogP contribution in [-0.4, -0.2) is 42.4 Å². The number of alkyl halides is 1. The molecule has 0 aliphatic rings. The highest BCUT2D eigenvalue weighted by Crippen LogP contribution is 2.18. The molecule has 0 saturated carbocycles. The lowest BCUT2D eigenvalue weighted by atomic mass is 10.2. The Morgan fingerprint density at radius 3 is 2.46 bits per heavy atom. The van der Waals surface area contributed by atoms with Crippen LogP contribution in [0.2, 0.25) is 0 Å². The number of methoxy groups -OCH3 is 1. The van der Waals surface area contributed by atoms with E-state index in [1.165, 1.54) is 0 Å². The van der Waals surface area contributed by atoms with E-state index in [4.69, 9.17) is 4.74 Å². The topological polar surface area (TPSA) is 29.5 Å². The number of carbonyl (C=O) groups is 1. The number of carbonyl (C=O) groups excluding carboxylic acids is 1. The molecule has 0 saturated heterocycles.